The molecule has 78 valence electrons. The number of benzene rings is 1. The topological polar surface area (TPSA) is 88.8 Å². The van der Waals surface area contributed by atoms with Gasteiger partial charge in [-0.3, -0.25) is 0 Å². The van der Waals surface area contributed by atoms with E-state index in [1.54, 1.807) is 18.2 Å². The molecule has 0 aliphatic carbocycles. The summed E-state index contributed by atoms with van der Waals surface area (Å²) in [5, 5.41) is 1.74. The molecule has 1 atom stereocenters. The normalized spacial score (nSPS) is 23.8. The number of nitrogens with two attached hydrogens (primary N) is 2. The second kappa shape index (κ2) is 3.43. The molecule has 2 rings (SSSR count). The van der Waals surface area contributed by atoms with E-state index >= 15 is 0 Å². The Hall–Kier alpha value is -1.75. The van der Waals surface area contributed by atoms with Crippen molar-refractivity contribution in [3.05, 3.63) is 23.8 Å². The lowest BCUT2D eigenvalue weighted by Gasteiger charge is -2.25. The van der Waals surface area contributed by atoms with Crippen molar-refractivity contribution in [1.29, 1.82) is 0 Å². The molecule has 0 aromatic heterocycles. The molecule has 0 spiro atoms. The Morgan fingerprint density at radius 2 is 2.13 bits per heavy atom. The number of alkyl halides is 1. The van der Waals surface area contributed by atoms with Gasteiger partial charge in [0, 0.05) is 16.9 Å². The Kier molecular flexibility index (Phi) is 2.24. The van der Waals surface area contributed by atoms with E-state index in [2.05, 4.69) is 15.3 Å². The summed E-state index contributed by atoms with van der Waals surface area (Å²) in [7, 11) is 0. The van der Waals surface area contributed by atoms with Crippen LogP contribution in [0.25, 0.3) is 0 Å². The molecular weight excluding hydrogens is 214 g/mol. The van der Waals surface area contributed by atoms with Gasteiger partial charge in [-0.05, 0) is 18.2 Å². The maximum Gasteiger partial charge on any atom is 0.236 e. The Labute approximate surface area is 91.8 Å². The summed E-state index contributed by atoms with van der Waals surface area (Å²) < 4.78 is 0. The molecule has 6 heteroatoms. The third-order valence-electron chi connectivity index (χ3n) is 2.07. The fraction of sp³-hybridized carbons (Fsp3) is 0.111. The average molecular weight is 224 g/mol. The van der Waals surface area contributed by atoms with Crippen LogP contribution in [0.3, 0.4) is 0 Å². The van der Waals surface area contributed by atoms with Gasteiger partial charge in [-0.15, -0.1) is 0 Å². The second-order valence-electron chi connectivity index (χ2n) is 3.14. The van der Waals surface area contributed by atoms with Crippen molar-refractivity contribution in [2.75, 3.05) is 11.5 Å². The van der Waals surface area contributed by atoms with Gasteiger partial charge in [-0.1, -0.05) is 11.6 Å². The summed E-state index contributed by atoms with van der Waals surface area (Å²) in [6.07, 6.45) is 2.84. The quantitative estimate of drug-likeness (QED) is 0.375. The van der Waals surface area contributed by atoms with Crippen LogP contribution in [0.4, 0.5) is 11.4 Å². The lowest BCUT2D eigenvalue weighted by Crippen LogP contribution is -2.37. The predicted octanol–water partition coefficient (Wildman–Crippen LogP) is 0.860. The SMILES string of the molecule is Nc1ccc(C2(Cl)N=CN=CN2)c(N)c1. The summed E-state index contributed by atoms with van der Waals surface area (Å²) >= 11 is 6.24. The monoisotopic (exact) mass is 223 g/mol. The molecule has 0 amide bonds. The maximum atomic E-state index is 6.24. The minimum atomic E-state index is -1.08. The van der Waals surface area contributed by atoms with Gasteiger partial charge in [0.2, 0.25) is 5.12 Å². The van der Waals surface area contributed by atoms with Gasteiger partial charge in [-0.2, -0.15) is 0 Å². The highest BCUT2D eigenvalue weighted by Crippen LogP contribution is 2.33. The molecule has 1 aromatic carbocycles. The first-order chi connectivity index (χ1) is 7.12. The number of halogens is 1. The van der Waals surface area contributed by atoms with Gasteiger partial charge in [0.15, 0.2) is 0 Å². The molecule has 1 aliphatic heterocycles. The number of rotatable bonds is 1. The zero-order chi connectivity index (χ0) is 10.9. The van der Waals surface area contributed by atoms with Gasteiger partial charge >= 0.3 is 0 Å². The first-order valence-corrected chi connectivity index (χ1v) is 4.67. The van der Waals surface area contributed by atoms with Crippen LogP contribution in [0.1, 0.15) is 5.56 Å². The van der Waals surface area contributed by atoms with Crippen LogP contribution >= 0.6 is 11.6 Å². The number of nitrogens with zero attached hydrogens (tertiary/aromatic N) is 2. The number of anilines is 2. The van der Waals surface area contributed by atoms with E-state index in [9.17, 15) is 0 Å². The van der Waals surface area contributed by atoms with Crippen LogP contribution in [-0.4, -0.2) is 12.7 Å². The first-order valence-electron chi connectivity index (χ1n) is 4.29. The molecule has 1 heterocycles. The van der Waals surface area contributed by atoms with Crippen molar-refractivity contribution in [1.82, 2.24) is 5.32 Å². The van der Waals surface area contributed by atoms with Crippen LogP contribution in [0.5, 0.6) is 0 Å². The van der Waals surface area contributed by atoms with Crippen LogP contribution < -0.4 is 16.8 Å². The lowest BCUT2D eigenvalue weighted by molar-refractivity contribution is 0.606. The molecule has 1 unspecified atom stereocenters. The molecule has 0 radical (unpaired) electrons. The number of nitrogens with one attached hydrogen (secondary N) is 1. The Morgan fingerprint density at radius 1 is 1.33 bits per heavy atom. The Morgan fingerprint density at radius 3 is 2.73 bits per heavy atom. The standard InChI is InChI=1S/C9H10ClN5/c10-9(14-4-13-5-15-9)7-2-1-6(11)3-8(7)12/h1-5H,11-12H2,(H,13,14,15). The summed E-state index contributed by atoms with van der Waals surface area (Å²) in [4.78, 5) is 7.80. The molecule has 5 nitrogen and oxygen atoms in total. The highest BCUT2D eigenvalue weighted by molar-refractivity contribution is 6.25. The van der Waals surface area contributed by atoms with Gasteiger partial charge in [-0.25, -0.2) is 9.98 Å². The van der Waals surface area contributed by atoms with E-state index in [0.29, 0.717) is 16.9 Å². The van der Waals surface area contributed by atoms with E-state index in [1.807, 2.05) is 0 Å². The van der Waals surface area contributed by atoms with Crippen molar-refractivity contribution in [3.8, 4) is 0 Å². The molecular formula is C9H10ClN5. The molecule has 0 bridgehead atoms. The van der Waals surface area contributed by atoms with Crippen molar-refractivity contribution in [3.63, 3.8) is 0 Å². The van der Waals surface area contributed by atoms with Gasteiger partial charge in [0.25, 0.3) is 0 Å². The predicted molar refractivity (Wildman–Crippen MR) is 62.9 cm³/mol. The minimum Gasteiger partial charge on any atom is -0.399 e. The van der Waals surface area contributed by atoms with E-state index in [4.69, 9.17) is 23.1 Å². The lowest BCUT2D eigenvalue weighted by atomic mass is 10.1. The first kappa shape index (κ1) is 9.79. The summed E-state index contributed by atoms with van der Waals surface area (Å²) in [5.41, 5.74) is 13.1. The average Bonchev–Trinajstić information content (AvgIpc) is 2.18. The minimum absolute atomic E-state index is 0.491. The highest BCUT2D eigenvalue weighted by atomic mass is 35.5. The van der Waals surface area contributed by atoms with Crippen LogP contribution in [0.2, 0.25) is 0 Å². The summed E-state index contributed by atoms with van der Waals surface area (Å²) in [6.45, 7) is 0. The van der Waals surface area contributed by atoms with Crippen molar-refractivity contribution in [2.45, 2.75) is 5.12 Å². The third-order valence-corrected chi connectivity index (χ3v) is 2.48. The smallest absolute Gasteiger partial charge is 0.236 e. The molecule has 1 aromatic rings. The maximum absolute atomic E-state index is 6.24. The number of hydrogen-bond acceptors (Lipinski definition) is 5. The van der Waals surface area contributed by atoms with Crippen LogP contribution in [-0.2, 0) is 5.12 Å². The molecule has 0 fully saturated rings. The van der Waals surface area contributed by atoms with Crippen molar-refractivity contribution in [2.24, 2.45) is 9.98 Å². The second-order valence-corrected chi connectivity index (χ2v) is 3.68. The summed E-state index contributed by atoms with van der Waals surface area (Å²) in [6, 6.07) is 5.10. The van der Waals surface area contributed by atoms with E-state index in [-0.39, 0.29) is 0 Å². The van der Waals surface area contributed by atoms with Crippen molar-refractivity contribution < 1.29 is 0 Å². The molecule has 15 heavy (non-hydrogen) atoms. The van der Waals surface area contributed by atoms with Crippen molar-refractivity contribution >= 4 is 35.7 Å². The zero-order valence-electron chi connectivity index (χ0n) is 7.81. The fourth-order valence-electron chi connectivity index (χ4n) is 1.34. The number of hydrogen-bond donors (Lipinski definition) is 3. The highest BCUT2D eigenvalue weighted by Gasteiger charge is 2.30. The number of nitrogen functional groups attached to an aromatic ring is 2. The van der Waals surface area contributed by atoms with E-state index < -0.39 is 5.12 Å². The molecule has 5 N–H and O–H groups in total. The largest absolute Gasteiger partial charge is 0.399 e. The van der Waals surface area contributed by atoms with Gasteiger partial charge < -0.3 is 16.8 Å². The molecule has 0 saturated heterocycles. The Balaban J connectivity index is 2.45. The Bertz CT molecular complexity index is 442. The summed E-state index contributed by atoms with van der Waals surface area (Å²) in [5.74, 6) is 0. The van der Waals surface area contributed by atoms with E-state index in [1.165, 1.54) is 12.7 Å². The van der Waals surface area contributed by atoms with Crippen LogP contribution in [0, 0.1) is 0 Å². The molecule has 0 saturated carbocycles. The van der Waals surface area contributed by atoms with E-state index in [0.717, 1.165) is 0 Å². The van der Waals surface area contributed by atoms with Gasteiger partial charge in [0.05, 0.1) is 6.34 Å². The number of aliphatic imine (C=N–C) groups is 2. The third kappa shape index (κ3) is 1.73. The van der Waals surface area contributed by atoms with Gasteiger partial charge in [0.1, 0.15) is 6.34 Å². The van der Waals surface area contributed by atoms with Crippen LogP contribution in [0.15, 0.2) is 28.2 Å². The molecule has 1 aliphatic rings. The fourth-order valence-corrected chi connectivity index (χ4v) is 1.60. The zero-order valence-corrected chi connectivity index (χ0v) is 8.57.